The number of unbranched alkanes of at least 4 members (excludes halogenated alkanes) is 4. The number of ether oxygens (including phenoxy) is 2. The molecule has 0 aliphatic heterocycles. The van der Waals surface area contributed by atoms with Crippen molar-refractivity contribution in [1.82, 2.24) is 9.80 Å². The van der Waals surface area contributed by atoms with Crippen molar-refractivity contribution in [3.05, 3.63) is 0 Å². The molecule has 0 aliphatic rings. The van der Waals surface area contributed by atoms with Crippen LogP contribution in [0.1, 0.15) is 248 Å². The van der Waals surface area contributed by atoms with Crippen molar-refractivity contribution in [1.29, 1.82) is 0 Å². The molecule has 0 saturated carbocycles. The molecule has 4 unspecified atom stereocenters. The van der Waals surface area contributed by atoms with Crippen LogP contribution in [0.2, 0.25) is 0 Å². The summed E-state index contributed by atoms with van der Waals surface area (Å²) in [5.41, 5.74) is 18.4. The minimum absolute atomic E-state index is 0.00865. The van der Waals surface area contributed by atoms with Gasteiger partial charge in [0.05, 0.1) is 32.1 Å². The van der Waals surface area contributed by atoms with Crippen LogP contribution in [0.4, 0.5) is 0 Å². The maximum atomic E-state index is 13.6. The predicted octanol–water partition coefficient (Wildman–Crippen LogP) is 13.4. The van der Waals surface area contributed by atoms with Crippen molar-refractivity contribution < 1.29 is 28.7 Å². The molecule has 0 aromatic rings. The molecule has 0 radical (unpaired) electrons. The van der Waals surface area contributed by atoms with Gasteiger partial charge >= 0.3 is 11.9 Å². The second-order valence-corrected chi connectivity index (χ2v) is 23.1. The third kappa shape index (κ3) is 38.1. The van der Waals surface area contributed by atoms with Crippen LogP contribution >= 0.6 is 0 Å². The Morgan fingerprint density at radius 1 is 0.507 bits per heavy atom. The molecular weight excluding hydrogens is 863 g/mol. The molecule has 414 valence electrons. The maximum absolute atomic E-state index is 13.6. The first-order valence-electron chi connectivity index (χ1n) is 28.2. The van der Waals surface area contributed by atoms with Crippen LogP contribution in [0.5, 0.6) is 0 Å². The lowest BCUT2D eigenvalue weighted by atomic mass is 9.61. The summed E-state index contributed by atoms with van der Waals surface area (Å²) in [7, 11) is 0. The van der Waals surface area contributed by atoms with E-state index in [0.29, 0.717) is 94.2 Å². The molecular formula is C58H121N5O6. The number of hydrogen-bond donors (Lipinski definition) is 3. The van der Waals surface area contributed by atoms with Gasteiger partial charge in [-0.05, 0) is 135 Å². The summed E-state index contributed by atoms with van der Waals surface area (Å²) < 4.78 is 11.4. The minimum Gasteiger partial charge on any atom is -0.466 e. The third-order valence-electron chi connectivity index (χ3n) is 13.6. The van der Waals surface area contributed by atoms with Gasteiger partial charge in [0.1, 0.15) is 0 Å². The van der Waals surface area contributed by atoms with Crippen molar-refractivity contribution in [2.75, 3.05) is 52.5 Å². The van der Waals surface area contributed by atoms with Crippen molar-refractivity contribution in [2.24, 2.45) is 62.5 Å². The number of amides is 2. The van der Waals surface area contributed by atoms with Gasteiger partial charge in [-0.2, -0.15) is 0 Å². The number of nitrogens with two attached hydrogens (primary N) is 3. The highest BCUT2D eigenvalue weighted by atomic mass is 16.5. The Morgan fingerprint density at radius 2 is 0.971 bits per heavy atom. The zero-order chi connectivity index (χ0) is 54.4. The average molecular weight is 985 g/mol. The lowest BCUT2D eigenvalue weighted by molar-refractivity contribution is -0.146. The first-order chi connectivity index (χ1) is 32.2. The fraction of sp³-hybridized carbons (Fsp3) is 0.931. The normalized spacial score (nSPS) is 13.6. The largest absolute Gasteiger partial charge is 0.466 e. The molecule has 0 heterocycles. The van der Waals surface area contributed by atoms with Gasteiger partial charge < -0.3 is 36.5 Å². The zero-order valence-corrected chi connectivity index (χ0v) is 49.6. The number of rotatable bonds is 36. The Kier molecular flexibility index (Phi) is 43.8. The summed E-state index contributed by atoms with van der Waals surface area (Å²) in [6, 6.07) is -0.681. The van der Waals surface area contributed by atoms with Gasteiger partial charge in [-0.15, -0.1) is 0 Å². The summed E-state index contributed by atoms with van der Waals surface area (Å²) in [4.78, 5) is 56.4. The summed E-state index contributed by atoms with van der Waals surface area (Å²) in [6.07, 6.45) is 12.4. The predicted molar refractivity (Wildman–Crippen MR) is 297 cm³/mol. The van der Waals surface area contributed by atoms with Crippen LogP contribution in [0, 0.1) is 45.3 Å². The van der Waals surface area contributed by atoms with E-state index in [1.807, 2.05) is 41.5 Å². The molecule has 0 spiro atoms. The highest BCUT2D eigenvalue weighted by molar-refractivity contribution is 5.82. The molecule has 2 amide bonds. The van der Waals surface area contributed by atoms with Crippen LogP contribution in [-0.2, 0) is 28.7 Å². The molecule has 0 rings (SSSR count). The lowest BCUT2D eigenvalue weighted by Crippen LogP contribution is -2.45. The highest BCUT2D eigenvalue weighted by Crippen LogP contribution is 2.47. The van der Waals surface area contributed by atoms with Gasteiger partial charge in [0.15, 0.2) is 0 Å². The number of carbonyl (C=O) groups is 4. The molecule has 0 fully saturated rings. The molecule has 0 bridgehead atoms. The van der Waals surface area contributed by atoms with Crippen LogP contribution in [0.25, 0.3) is 0 Å². The molecule has 0 saturated heterocycles. The molecule has 0 aromatic heterocycles. The second-order valence-electron chi connectivity index (χ2n) is 23.1. The summed E-state index contributed by atoms with van der Waals surface area (Å²) in [5.74, 6) is 1.42. The minimum atomic E-state index is -0.681. The van der Waals surface area contributed by atoms with Crippen LogP contribution in [0.3, 0.4) is 0 Å². The Balaban J connectivity index is -0.00000337. The van der Waals surface area contributed by atoms with E-state index in [9.17, 15) is 19.2 Å². The smallest absolute Gasteiger partial charge is 0.307 e. The van der Waals surface area contributed by atoms with Gasteiger partial charge in [-0.1, -0.05) is 151 Å². The number of esters is 2. The van der Waals surface area contributed by atoms with Gasteiger partial charge in [0.2, 0.25) is 11.8 Å². The molecule has 11 nitrogen and oxygen atoms in total. The fourth-order valence-electron chi connectivity index (χ4n) is 9.22. The topological polar surface area (TPSA) is 171 Å². The monoisotopic (exact) mass is 984 g/mol. The first kappa shape index (κ1) is 73.3. The van der Waals surface area contributed by atoms with E-state index >= 15 is 0 Å². The van der Waals surface area contributed by atoms with Gasteiger partial charge in [-0.3, -0.25) is 19.2 Å². The molecule has 0 aliphatic carbocycles. The van der Waals surface area contributed by atoms with E-state index in [1.54, 1.807) is 9.80 Å². The van der Waals surface area contributed by atoms with Crippen LogP contribution in [-0.4, -0.2) is 92.1 Å². The van der Waals surface area contributed by atoms with Gasteiger partial charge in [0, 0.05) is 32.6 Å². The molecule has 0 aromatic carbocycles. The van der Waals surface area contributed by atoms with Crippen LogP contribution < -0.4 is 17.2 Å². The lowest BCUT2D eigenvalue weighted by Gasteiger charge is -2.44. The Bertz CT molecular complexity index is 1280. The fourth-order valence-corrected chi connectivity index (χ4v) is 9.22. The molecule has 4 atom stereocenters. The summed E-state index contributed by atoms with van der Waals surface area (Å²) >= 11 is 0. The third-order valence-corrected chi connectivity index (χ3v) is 13.6. The van der Waals surface area contributed by atoms with Crippen molar-refractivity contribution in [2.45, 2.75) is 254 Å². The van der Waals surface area contributed by atoms with Crippen LogP contribution in [0.15, 0.2) is 0 Å². The van der Waals surface area contributed by atoms with Crippen molar-refractivity contribution in [3.63, 3.8) is 0 Å². The zero-order valence-electron chi connectivity index (χ0n) is 49.6. The van der Waals surface area contributed by atoms with E-state index in [4.69, 9.17) is 26.7 Å². The number of carbonyl (C=O) groups excluding carboxylic acids is 4. The standard InChI is InChI=1S/C52H103N5O6.3C2H6/c1-40(2)36-51(11,12)52(13,14)37-41(3)26-34-62-46(59)24-32-56(45(58)23-16-15-18-28-53)30-20-21-31-57(48(61)44(55)22-17-19-29-54)33-25-47(60)63-35-27-50(9,10)39-43(5)42(4)38-49(6,7)8;3*1-2/h40-44H,15-39,53-55H2,1-14H3;3*1-2H3. The molecule has 11 heteroatoms. The van der Waals surface area contributed by atoms with E-state index in [2.05, 4.69) is 96.9 Å². The highest BCUT2D eigenvalue weighted by Gasteiger charge is 2.38. The molecule has 6 N–H and O–H groups in total. The SMILES string of the molecule is CC.CC.CC.CC(C)CC(C)(C)C(C)(C)CC(C)CCOC(=O)CCN(CCCCN(CCC(=O)OCCC(C)(C)CC(C)C(C)CC(C)(C)C)C(=O)C(N)CCCCN)C(=O)CCCCCN. The second kappa shape index (κ2) is 41.3. The first-order valence-corrected chi connectivity index (χ1v) is 28.2. The number of nitrogens with zero attached hydrogens (tertiary/aromatic N) is 2. The van der Waals surface area contributed by atoms with Gasteiger partial charge in [0.25, 0.3) is 0 Å². The van der Waals surface area contributed by atoms with Gasteiger partial charge in [-0.25, -0.2) is 0 Å². The quantitative estimate of drug-likeness (QED) is 0.0408. The Morgan fingerprint density at radius 3 is 1.48 bits per heavy atom. The molecule has 69 heavy (non-hydrogen) atoms. The maximum Gasteiger partial charge on any atom is 0.307 e. The summed E-state index contributed by atoms with van der Waals surface area (Å²) in [5, 5.41) is 0. The van der Waals surface area contributed by atoms with Crippen molar-refractivity contribution >= 4 is 23.8 Å². The van der Waals surface area contributed by atoms with E-state index in [1.165, 1.54) is 6.42 Å². The average Bonchev–Trinajstić information content (AvgIpc) is 3.26. The van der Waals surface area contributed by atoms with E-state index in [0.717, 1.165) is 64.2 Å². The number of hydrogen-bond acceptors (Lipinski definition) is 9. The van der Waals surface area contributed by atoms with Crippen molar-refractivity contribution in [3.8, 4) is 0 Å². The van der Waals surface area contributed by atoms with E-state index in [-0.39, 0.29) is 65.9 Å². The van der Waals surface area contributed by atoms with E-state index < -0.39 is 6.04 Å². The summed E-state index contributed by atoms with van der Waals surface area (Å²) in [6.45, 7) is 47.4. The Labute approximate surface area is 429 Å². The Hall–Kier alpha value is -2.24.